The van der Waals surface area contributed by atoms with Gasteiger partial charge in [-0.25, -0.2) is 4.39 Å². The Morgan fingerprint density at radius 1 is 1.25 bits per heavy atom. The van der Waals surface area contributed by atoms with Gasteiger partial charge in [0, 0.05) is 12.6 Å². The van der Waals surface area contributed by atoms with E-state index in [4.69, 9.17) is 5.26 Å². The van der Waals surface area contributed by atoms with Crippen molar-refractivity contribution in [3.8, 4) is 6.07 Å². The first-order valence-corrected chi connectivity index (χ1v) is 7.07. The van der Waals surface area contributed by atoms with E-state index >= 15 is 0 Å². The van der Waals surface area contributed by atoms with Crippen molar-refractivity contribution in [2.24, 2.45) is 0 Å². The molecule has 0 fully saturated rings. The Labute approximate surface area is 126 Å². The highest BCUT2D eigenvalue weighted by Gasteiger charge is 2.06. The van der Waals surface area contributed by atoms with Gasteiger partial charge in [0.25, 0.3) is 0 Å². The van der Waals surface area contributed by atoms with Crippen molar-refractivity contribution in [3.05, 3.63) is 69.4 Å². The second-order valence-electron chi connectivity index (χ2n) is 4.58. The largest absolute Gasteiger partial charge is 0.306 e. The summed E-state index contributed by atoms with van der Waals surface area (Å²) in [4.78, 5) is 0. The summed E-state index contributed by atoms with van der Waals surface area (Å²) in [6.45, 7) is 2.63. The fraction of sp³-hybridized carbons (Fsp3) is 0.188. The highest BCUT2D eigenvalue weighted by Crippen LogP contribution is 2.18. The van der Waals surface area contributed by atoms with Crippen LogP contribution < -0.4 is 5.32 Å². The minimum atomic E-state index is -0.254. The van der Waals surface area contributed by atoms with Gasteiger partial charge in [-0.3, -0.25) is 0 Å². The van der Waals surface area contributed by atoms with Gasteiger partial charge in [0.05, 0.1) is 16.1 Å². The fourth-order valence-electron chi connectivity index (χ4n) is 1.88. The van der Waals surface area contributed by atoms with E-state index in [9.17, 15) is 4.39 Å². The quantitative estimate of drug-likeness (QED) is 0.905. The molecule has 1 atom stereocenters. The van der Waals surface area contributed by atoms with Crippen molar-refractivity contribution < 1.29 is 4.39 Å². The summed E-state index contributed by atoms with van der Waals surface area (Å²) in [5.74, 6) is -0.254. The molecule has 0 heterocycles. The Balaban J connectivity index is 1.99. The molecule has 0 saturated heterocycles. The SMILES string of the molecule is CC(NCc1ccc(Br)c(F)c1)c1ccc(C#N)cc1. The third-order valence-electron chi connectivity index (χ3n) is 3.14. The van der Waals surface area contributed by atoms with Gasteiger partial charge in [0.2, 0.25) is 0 Å². The number of benzene rings is 2. The lowest BCUT2D eigenvalue weighted by Crippen LogP contribution is -2.18. The van der Waals surface area contributed by atoms with E-state index in [1.54, 1.807) is 18.2 Å². The van der Waals surface area contributed by atoms with E-state index in [2.05, 4.69) is 27.3 Å². The first kappa shape index (κ1) is 14.7. The van der Waals surface area contributed by atoms with Crippen LogP contribution in [0.4, 0.5) is 4.39 Å². The standard InChI is InChI=1S/C16H14BrFN2/c1-11(14-5-2-12(9-19)3-6-14)20-10-13-4-7-15(17)16(18)8-13/h2-8,11,20H,10H2,1H3. The number of hydrogen-bond donors (Lipinski definition) is 1. The molecule has 0 aliphatic heterocycles. The molecule has 102 valence electrons. The molecule has 0 bridgehead atoms. The minimum absolute atomic E-state index is 0.134. The lowest BCUT2D eigenvalue weighted by atomic mass is 10.1. The second-order valence-corrected chi connectivity index (χ2v) is 5.44. The third kappa shape index (κ3) is 3.66. The molecule has 0 spiro atoms. The van der Waals surface area contributed by atoms with Crippen molar-refractivity contribution in [3.63, 3.8) is 0 Å². The molecular formula is C16H14BrFN2. The number of halogens is 2. The maximum Gasteiger partial charge on any atom is 0.137 e. The molecule has 0 aliphatic rings. The van der Waals surface area contributed by atoms with E-state index in [1.807, 2.05) is 25.1 Å². The molecule has 0 saturated carbocycles. The van der Waals surface area contributed by atoms with Gasteiger partial charge in [0.1, 0.15) is 5.82 Å². The van der Waals surface area contributed by atoms with E-state index in [1.165, 1.54) is 6.07 Å². The summed E-state index contributed by atoms with van der Waals surface area (Å²) in [6, 6.07) is 14.8. The molecule has 20 heavy (non-hydrogen) atoms. The molecule has 0 amide bonds. The number of hydrogen-bond acceptors (Lipinski definition) is 2. The van der Waals surface area contributed by atoms with Gasteiger partial charge in [-0.2, -0.15) is 5.26 Å². The first-order chi connectivity index (χ1) is 9.60. The van der Waals surface area contributed by atoms with Crippen molar-refractivity contribution in [1.82, 2.24) is 5.32 Å². The molecule has 0 aromatic heterocycles. The maximum atomic E-state index is 13.4. The highest BCUT2D eigenvalue weighted by atomic mass is 79.9. The molecule has 2 rings (SSSR count). The van der Waals surface area contributed by atoms with Gasteiger partial charge in [-0.1, -0.05) is 18.2 Å². The van der Waals surface area contributed by atoms with E-state index in [0.717, 1.165) is 11.1 Å². The third-order valence-corrected chi connectivity index (χ3v) is 3.78. The van der Waals surface area contributed by atoms with E-state index < -0.39 is 0 Å². The van der Waals surface area contributed by atoms with Gasteiger partial charge < -0.3 is 5.32 Å². The molecule has 0 aliphatic carbocycles. The molecule has 0 radical (unpaired) electrons. The smallest absolute Gasteiger partial charge is 0.137 e. The fourth-order valence-corrected chi connectivity index (χ4v) is 2.13. The molecule has 4 heteroatoms. The van der Waals surface area contributed by atoms with Crippen LogP contribution >= 0.6 is 15.9 Å². The lowest BCUT2D eigenvalue weighted by Gasteiger charge is -2.14. The van der Waals surface area contributed by atoms with Crippen LogP contribution in [-0.4, -0.2) is 0 Å². The van der Waals surface area contributed by atoms with E-state index in [-0.39, 0.29) is 11.9 Å². The maximum absolute atomic E-state index is 13.4. The van der Waals surface area contributed by atoms with Gasteiger partial charge in [0.15, 0.2) is 0 Å². The van der Waals surface area contributed by atoms with Crippen molar-refractivity contribution >= 4 is 15.9 Å². The average Bonchev–Trinajstić information content (AvgIpc) is 2.48. The van der Waals surface area contributed by atoms with Gasteiger partial charge in [-0.15, -0.1) is 0 Å². The Morgan fingerprint density at radius 2 is 1.95 bits per heavy atom. The summed E-state index contributed by atoms with van der Waals surface area (Å²) < 4.78 is 13.9. The molecule has 2 aromatic rings. The molecular weight excluding hydrogens is 319 g/mol. The molecule has 1 unspecified atom stereocenters. The monoisotopic (exact) mass is 332 g/mol. The van der Waals surface area contributed by atoms with Crippen LogP contribution in [0.15, 0.2) is 46.9 Å². The summed E-state index contributed by atoms with van der Waals surface area (Å²) in [5.41, 5.74) is 2.64. The Hall–Kier alpha value is -1.70. The summed E-state index contributed by atoms with van der Waals surface area (Å²) in [7, 11) is 0. The van der Waals surface area contributed by atoms with Crippen molar-refractivity contribution in [1.29, 1.82) is 5.26 Å². The molecule has 2 nitrogen and oxygen atoms in total. The van der Waals surface area contributed by atoms with Gasteiger partial charge >= 0.3 is 0 Å². The average molecular weight is 333 g/mol. The minimum Gasteiger partial charge on any atom is -0.306 e. The van der Waals surface area contributed by atoms with Crippen LogP contribution in [0.3, 0.4) is 0 Å². The number of rotatable bonds is 4. The van der Waals surface area contributed by atoms with Gasteiger partial charge in [-0.05, 0) is 58.2 Å². The number of nitrogens with zero attached hydrogens (tertiary/aromatic N) is 1. The van der Waals surface area contributed by atoms with Crippen molar-refractivity contribution in [2.45, 2.75) is 19.5 Å². The van der Waals surface area contributed by atoms with Crippen LogP contribution in [0.5, 0.6) is 0 Å². The van der Waals surface area contributed by atoms with Crippen LogP contribution in [0, 0.1) is 17.1 Å². The zero-order valence-corrected chi connectivity index (χ0v) is 12.6. The molecule has 2 aromatic carbocycles. The Bertz CT molecular complexity index is 632. The van der Waals surface area contributed by atoms with E-state index in [0.29, 0.717) is 16.6 Å². The predicted octanol–water partition coefficient (Wildman–Crippen LogP) is 4.31. The first-order valence-electron chi connectivity index (χ1n) is 6.27. The van der Waals surface area contributed by atoms with Crippen LogP contribution in [0.1, 0.15) is 29.7 Å². The molecule has 1 N–H and O–H groups in total. The number of nitrogens with one attached hydrogen (secondary N) is 1. The second kappa shape index (κ2) is 6.65. The Morgan fingerprint density at radius 3 is 2.55 bits per heavy atom. The lowest BCUT2D eigenvalue weighted by molar-refractivity contribution is 0.568. The summed E-state index contributed by atoms with van der Waals surface area (Å²) >= 11 is 3.14. The normalized spacial score (nSPS) is 11.9. The summed E-state index contributed by atoms with van der Waals surface area (Å²) in [6.07, 6.45) is 0. The topological polar surface area (TPSA) is 35.8 Å². The summed E-state index contributed by atoms with van der Waals surface area (Å²) in [5, 5.41) is 12.1. The van der Waals surface area contributed by atoms with Crippen molar-refractivity contribution in [2.75, 3.05) is 0 Å². The number of nitriles is 1. The van der Waals surface area contributed by atoms with Crippen LogP contribution in [-0.2, 0) is 6.54 Å². The zero-order chi connectivity index (χ0) is 14.5. The van der Waals surface area contributed by atoms with Crippen LogP contribution in [0.25, 0.3) is 0 Å². The van der Waals surface area contributed by atoms with Crippen LogP contribution in [0.2, 0.25) is 0 Å². The Kier molecular flexibility index (Phi) is 4.89. The highest BCUT2D eigenvalue weighted by molar-refractivity contribution is 9.10. The zero-order valence-electron chi connectivity index (χ0n) is 11.0. The predicted molar refractivity (Wildman–Crippen MR) is 80.5 cm³/mol.